The van der Waals surface area contributed by atoms with Crippen LogP contribution in [0.5, 0.6) is 5.75 Å². The highest BCUT2D eigenvalue weighted by Gasteiger charge is 2.23. The zero-order valence-electron chi connectivity index (χ0n) is 16.6. The average Bonchev–Trinajstić information content (AvgIpc) is 3.13. The Bertz CT molecular complexity index is 1230. The van der Waals surface area contributed by atoms with E-state index in [1.807, 2.05) is 39.8 Å². The van der Waals surface area contributed by atoms with E-state index in [4.69, 9.17) is 9.72 Å². The highest BCUT2D eigenvalue weighted by molar-refractivity contribution is 6.04. The van der Waals surface area contributed by atoms with Gasteiger partial charge in [0.1, 0.15) is 11.4 Å². The normalized spacial score (nSPS) is 15.9. The second-order valence-corrected chi connectivity index (χ2v) is 7.59. The standard InChI is InChI=1S/C22H23N5O2/c1-25-7-3-8-26(11-10-25)22(28)18-14-16-12-15-13-17(29-2)4-5-19(15)24-20(16)27-9-6-23-21(18)27/h4-6,9,12-14H,3,7-8,10-11H2,1-2H3. The third-order valence-corrected chi connectivity index (χ3v) is 5.68. The van der Waals surface area contributed by atoms with E-state index >= 15 is 0 Å². The molecule has 0 atom stereocenters. The van der Waals surface area contributed by atoms with Gasteiger partial charge in [-0.1, -0.05) is 0 Å². The lowest BCUT2D eigenvalue weighted by Gasteiger charge is -2.21. The van der Waals surface area contributed by atoms with Crippen molar-refractivity contribution in [2.45, 2.75) is 6.42 Å². The third kappa shape index (κ3) is 3.07. The van der Waals surface area contributed by atoms with Crippen LogP contribution >= 0.6 is 0 Å². The summed E-state index contributed by atoms with van der Waals surface area (Å²) in [6, 6.07) is 9.81. The molecule has 0 radical (unpaired) electrons. The van der Waals surface area contributed by atoms with Crippen molar-refractivity contribution >= 4 is 33.5 Å². The molecule has 1 aliphatic heterocycles. The van der Waals surface area contributed by atoms with E-state index in [2.05, 4.69) is 23.0 Å². The summed E-state index contributed by atoms with van der Waals surface area (Å²) in [5, 5.41) is 1.89. The van der Waals surface area contributed by atoms with Crippen LogP contribution in [0.3, 0.4) is 0 Å². The van der Waals surface area contributed by atoms with Crippen molar-refractivity contribution in [2.24, 2.45) is 0 Å². The molecular weight excluding hydrogens is 366 g/mol. The summed E-state index contributed by atoms with van der Waals surface area (Å²) >= 11 is 0. The van der Waals surface area contributed by atoms with Crippen LogP contribution in [-0.4, -0.2) is 70.4 Å². The minimum atomic E-state index is 0.0316. The largest absolute Gasteiger partial charge is 0.497 e. The molecule has 1 aliphatic rings. The number of amides is 1. The minimum Gasteiger partial charge on any atom is -0.497 e. The molecule has 1 amide bonds. The maximum atomic E-state index is 13.4. The number of hydrogen-bond donors (Lipinski definition) is 0. The number of aromatic nitrogens is 3. The van der Waals surface area contributed by atoms with Crippen LogP contribution in [0.4, 0.5) is 0 Å². The van der Waals surface area contributed by atoms with Gasteiger partial charge in [-0.2, -0.15) is 0 Å². The lowest BCUT2D eigenvalue weighted by molar-refractivity contribution is 0.0764. The number of methoxy groups -OCH3 is 1. The first-order chi connectivity index (χ1) is 14.1. The number of benzene rings is 1. The van der Waals surface area contributed by atoms with Crippen molar-refractivity contribution in [3.63, 3.8) is 0 Å². The summed E-state index contributed by atoms with van der Waals surface area (Å²) in [6.45, 7) is 3.39. The predicted molar refractivity (Wildman–Crippen MR) is 113 cm³/mol. The van der Waals surface area contributed by atoms with Crippen molar-refractivity contribution in [1.82, 2.24) is 24.2 Å². The fourth-order valence-electron chi connectivity index (χ4n) is 4.06. The van der Waals surface area contributed by atoms with E-state index in [1.165, 1.54) is 0 Å². The lowest BCUT2D eigenvalue weighted by Crippen LogP contribution is -2.34. The first-order valence-electron chi connectivity index (χ1n) is 9.86. The summed E-state index contributed by atoms with van der Waals surface area (Å²) < 4.78 is 7.26. The Kier molecular flexibility index (Phi) is 4.32. The second kappa shape index (κ2) is 7.00. The van der Waals surface area contributed by atoms with Gasteiger partial charge >= 0.3 is 0 Å². The SMILES string of the molecule is COc1ccc2nc3c(cc(C(=O)N4CCCN(C)CC4)c4nccn43)cc2c1. The first-order valence-corrected chi connectivity index (χ1v) is 9.86. The smallest absolute Gasteiger partial charge is 0.257 e. The molecule has 148 valence electrons. The molecule has 0 N–H and O–H groups in total. The zero-order chi connectivity index (χ0) is 20.0. The average molecular weight is 389 g/mol. The van der Waals surface area contributed by atoms with Crippen LogP contribution in [0.2, 0.25) is 0 Å². The van der Waals surface area contributed by atoms with E-state index in [1.54, 1.807) is 13.3 Å². The van der Waals surface area contributed by atoms with Crippen molar-refractivity contribution in [2.75, 3.05) is 40.3 Å². The van der Waals surface area contributed by atoms with Crippen LogP contribution in [0.25, 0.3) is 27.6 Å². The van der Waals surface area contributed by atoms with Crippen LogP contribution in [0.1, 0.15) is 16.8 Å². The molecule has 0 aliphatic carbocycles. The Labute approximate surface area is 168 Å². The number of carbonyl (C=O) groups is 1. The molecule has 1 aromatic carbocycles. The molecular formula is C22H23N5O2. The van der Waals surface area contributed by atoms with E-state index in [0.717, 1.165) is 60.3 Å². The number of nitrogens with zero attached hydrogens (tertiary/aromatic N) is 5. The molecule has 1 saturated heterocycles. The van der Waals surface area contributed by atoms with Gasteiger partial charge in [-0.25, -0.2) is 9.97 Å². The van der Waals surface area contributed by atoms with E-state index in [9.17, 15) is 4.79 Å². The van der Waals surface area contributed by atoms with Gasteiger partial charge in [0.15, 0.2) is 5.65 Å². The maximum absolute atomic E-state index is 13.4. The predicted octanol–water partition coefficient (Wildman–Crippen LogP) is 2.82. The van der Waals surface area contributed by atoms with Crippen molar-refractivity contribution in [3.05, 3.63) is 48.3 Å². The fourth-order valence-corrected chi connectivity index (χ4v) is 4.06. The highest BCUT2D eigenvalue weighted by atomic mass is 16.5. The van der Waals surface area contributed by atoms with Crippen molar-refractivity contribution in [3.8, 4) is 5.75 Å². The van der Waals surface area contributed by atoms with Gasteiger partial charge in [0.25, 0.3) is 5.91 Å². The Hall–Kier alpha value is -3.19. The summed E-state index contributed by atoms with van der Waals surface area (Å²) in [5.41, 5.74) is 2.95. The number of fused-ring (bicyclic) bond motifs is 4. The lowest BCUT2D eigenvalue weighted by atomic mass is 10.1. The summed E-state index contributed by atoms with van der Waals surface area (Å²) in [4.78, 5) is 26.9. The van der Waals surface area contributed by atoms with Gasteiger partial charge in [0.2, 0.25) is 0 Å². The first kappa shape index (κ1) is 17.9. The number of ether oxygens (including phenoxy) is 1. The van der Waals surface area contributed by atoms with Crippen molar-refractivity contribution in [1.29, 1.82) is 0 Å². The van der Waals surface area contributed by atoms with E-state index in [-0.39, 0.29) is 5.91 Å². The quantitative estimate of drug-likeness (QED) is 0.494. The Morgan fingerprint density at radius 1 is 1.03 bits per heavy atom. The molecule has 0 saturated carbocycles. The topological polar surface area (TPSA) is 63.0 Å². The molecule has 7 heteroatoms. The van der Waals surface area contributed by atoms with Crippen LogP contribution in [0, 0.1) is 0 Å². The van der Waals surface area contributed by atoms with Gasteiger partial charge in [-0.15, -0.1) is 0 Å². The molecule has 4 aromatic rings. The number of carbonyl (C=O) groups excluding carboxylic acids is 1. The van der Waals surface area contributed by atoms with Crippen molar-refractivity contribution < 1.29 is 9.53 Å². The molecule has 4 heterocycles. The maximum Gasteiger partial charge on any atom is 0.257 e. The number of likely N-dealkylation sites (N-methyl/N-ethyl adjacent to an activating group) is 1. The third-order valence-electron chi connectivity index (χ3n) is 5.68. The summed E-state index contributed by atoms with van der Waals surface area (Å²) in [7, 11) is 3.75. The van der Waals surface area contributed by atoms with Gasteiger partial charge in [0.05, 0.1) is 18.2 Å². The molecule has 5 rings (SSSR count). The highest BCUT2D eigenvalue weighted by Crippen LogP contribution is 2.26. The Morgan fingerprint density at radius 2 is 1.93 bits per heavy atom. The molecule has 29 heavy (non-hydrogen) atoms. The molecule has 1 fully saturated rings. The monoisotopic (exact) mass is 389 g/mol. The van der Waals surface area contributed by atoms with Gasteiger partial charge in [-0.05, 0) is 50.3 Å². The number of imidazole rings is 1. The molecule has 3 aromatic heterocycles. The fraction of sp³-hybridized carbons (Fsp3) is 0.318. The van der Waals surface area contributed by atoms with Crippen LogP contribution in [0.15, 0.2) is 42.7 Å². The molecule has 0 bridgehead atoms. The van der Waals surface area contributed by atoms with E-state index in [0.29, 0.717) is 11.2 Å². The van der Waals surface area contributed by atoms with Crippen LogP contribution in [-0.2, 0) is 0 Å². The number of hydrogen-bond acceptors (Lipinski definition) is 5. The number of rotatable bonds is 2. The van der Waals surface area contributed by atoms with Gasteiger partial charge < -0.3 is 14.5 Å². The molecule has 7 nitrogen and oxygen atoms in total. The van der Waals surface area contributed by atoms with Crippen LogP contribution < -0.4 is 4.74 Å². The Balaban J connectivity index is 1.67. The summed E-state index contributed by atoms with van der Waals surface area (Å²) in [5.74, 6) is 0.816. The molecule has 0 unspecified atom stereocenters. The van der Waals surface area contributed by atoms with Gasteiger partial charge in [0, 0.05) is 42.8 Å². The minimum absolute atomic E-state index is 0.0316. The second-order valence-electron chi connectivity index (χ2n) is 7.59. The summed E-state index contributed by atoms with van der Waals surface area (Å²) in [6.07, 6.45) is 4.57. The number of pyridine rings is 2. The van der Waals surface area contributed by atoms with E-state index < -0.39 is 0 Å². The Morgan fingerprint density at radius 3 is 2.79 bits per heavy atom. The van der Waals surface area contributed by atoms with Gasteiger partial charge in [-0.3, -0.25) is 9.20 Å². The molecule has 0 spiro atoms. The zero-order valence-corrected chi connectivity index (χ0v) is 16.6.